The van der Waals surface area contributed by atoms with Crippen molar-refractivity contribution in [2.45, 2.75) is 157 Å². The number of aromatic hydroxyl groups is 1. The Balaban J connectivity index is 1.10. The van der Waals surface area contributed by atoms with Crippen LogP contribution in [0.15, 0.2) is 108 Å². The van der Waals surface area contributed by atoms with Crippen LogP contribution in [-0.2, 0) is 33.4 Å². The molecule has 4 aliphatic carbocycles. The third-order valence-corrected chi connectivity index (χ3v) is 20.1. The predicted octanol–water partition coefficient (Wildman–Crippen LogP) is 10.3. The molecule has 1 saturated heterocycles. The molecule has 1 spiro atoms. The van der Waals surface area contributed by atoms with E-state index in [1.165, 1.54) is 12.8 Å². The Morgan fingerprint density at radius 3 is 2.44 bits per heavy atom. The lowest BCUT2D eigenvalue weighted by Crippen LogP contribution is -2.50. The van der Waals surface area contributed by atoms with E-state index in [4.69, 9.17) is 25.9 Å². The topological polar surface area (TPSA) is 198 Å². The number of fused-ring (bicyclic) bond motifs is 9. The first-order chi connectivity index (χ1) is 35.1. The number of phenols is 1. The van der Waals surface area contributed by atoms with Crippen LogP contribution in [0.1, 0.15) is 160 Å². The molecular weight excluding hydrogens is 935 g/mol. The smallest absolute Gasteiger partial charge is 0.268 e. The van der Waals surface area contributed by atoms with Gasteiger partial charge in [-0.1, -0.05) is 111 Å². The molecule has 10 bridgehead atoms. The van der Waals surface area contributed by atoms with Crippen molar-refractivity contribution in [3.8, 4) is 23.3 Å². The summed E-state index contributed by atoms with van der Waals surface area (Å²) in [5.41, 5.74) is 17.9. The largest absolute Gasteiger partial charge is 0.508 e. The van der Waals surface area contributed by atoms with Gasteiger partial charge in [0.15, 0.2) is 5.96 Å². The van der Waals surface area contributed by atoms with Crippen molar-refractivity contribution < 1.29 is 37.8 Å². The number of aliphatic imine (C=N–C) groups is 1. The van der Waals surface area contributed by atoms with E-state index in [2.05, 4.69) is 73.4 Å². The molecule has 12 unspecified atom stereocenters. The number of guanidine groups is 1. The summed E-state index contributed by atoms with van der Waals surface area (Å²) in [5.74, 6) is 5.37. The van der Waals surface area contributed by atoms with Crippen molar-refractivity contribution in [1.82, 2.24) is 0 Å². The number of allylic oxidation sites excluding steroid dienone is 1. The van der Waals surface area contributed by atoms with E-state index < -0.39 is 38.7 Å². The van der Waals surface area contributed by atoms with Gasteiger partial charge in [-0.15, -0.1) is 0 Å². The molecule has 0 amide bonds. The molecule has 3 fully saturated rings. The molecule has 11 nitrogen and oxygen atoms in total. The molecular formula is C61H73N3O8S. The maximum atomic E-state index is 14.4. The van der Waals surface area contributed by atoms with Gasteiger partial charge in [-0.25, -0.2) is 4.99 Å². The lowest BCUT2D eigenvalue weighted by Gasteiger charge is -2.49. The summed E-state index contributed by atoms with van der Waals surface area (Å²) >= 11 is 0. The number of phenolic OH excluding ortho intramolecular Hbond substituents is 1. The van der Waals surface area contributed by atoms with Gasteiger partial charge < -0.3 is 36.3 Å². The summed E-state index contributed by atoms with van der Waals surface area (Å²) in [7, 11) is -4.67. The van der Waals surface area contributed by atoms with Gasteiger partial charge in [-0.3, -0.25) is 4.55 Å². The molecule has 386 valence electrons. The number of benzene rings is 4. The molecule has 73 heavy (non-hydrogen) atoms. The summed E-state index contributed by atoms with van der Waals surface area (Å²) in [4.78, 5) is 5.15. The fourth-order valence-corrected chi connectivity index (χ4v) is 16.5. The number of aliphatic hydroxyl groups is 2. The third kappa shape index (κ3) is 9.98. The van der Waals surface area contributed by atoms with Gasteiger partial charge >= 0.3 is 0 Å². The lowest BCUT2D eigenvalue weighted by atomic mass is 9.60. The third-order valence-electron chi connectivity index (χ3n) is 18.8. The fourth-order valence-electron chi connectivity index (χ4n) is 15.4. The van der Waals surface area contributed by atoms with Gasteiger partial charge in [-0.2, -0.15) is 8.42 Å². The van der Waals surface area contributed by atoms with Crippen LogP contribution in [0.2, 0.25) is 0 Å². The first-order valence-corrected chi connectivity index (χ1v) is 28.6. The Labute approximate surface area is 431 Å². The first kappa shape index (κ1) is 50.0. The Morgan fingerprint density at radius 2 is 1.68 bits per heavy atom. The Morgan fingerprint density at radius 1 is 0.918 bits per heavy atom. The molecule has 12 heteroatoms. The van der Waals surface area contributed by atoms with E-state index in [1.807, 2.05) is 30.3 Å². The quantitative estimate of drug-likeness (QED) is 0.0325. The number of aryl methyl sites for hydroxylation is 1. The van der Waals surface area contributed by atoms with E-state index in [9.17, 15) is 28.3 Å². The molecule has 9 aliphatic rings. The normalized spacial score (nSPS) is 32.7. The highest BCUT2D eigenvalue weighted by Gasteiger charge is 2.53. The lowest BCUT2D eigenvalue weighted by molar-refractivity contribution is -0.110. The Bertz CT molecular complexity index is 2920. The molecule has 0 aromatic heterocycles. The van der Waals surface area contributed by atoms with Crippen molar-refractivity contribution in [2.24, 2.45) is 51.5 Å². The zero-order chi connectivity index (χ0) is 50.7. The van der Waals surface area contributed by atoms with E-state index in [0.29, 0.717) is 61.8 Å². The number of ether oxygens (including phenoxy) is 2. The second-order valence-corrected chi connectivity index (χ2v) is 25.1. The second-order valence-electron chi connectivity index (χ2n) is 23.5. The number of aliphatic hydroxyl groups excluding tert-OH is 1. The highest BCUT2D eigenvalue weighted by molar-refractivity contribution is 7.86. The monoisotopic (exact) mass is 1010 g/mol. The first-order valence-electron chi connectivity index (χ1n) is 27.1. The average Bonchev–Trinajstić information content (AvgIpc) is 3.75. The maximum Gasteiger partial charge on any atom is 0.268 e. The zero-order valence-electron chi connectivity index (χ0n) is 42.2. The van der Waals surface area contributed by atoms with Crippen LogP contribution in [0, 0.1) is 46.8 Å². The Kier molecular flexibility index (Phi) is 13.6. The van der Waals surface area contributed by atoms with E-state index in [-0.39, 0.29) is 78.2 Å². The minimum atomic E-state index is -4.67. The molecule has 0 radical (unpaired) electrons. The summed E-state index contributed by atoms with van der Waals surface area (Å²) in [6, 6.07) is 29.8. The van der Waals surface area contributed by atoms with Crippen LogP contribution in [0.3, 0.4) is 0 Å². The molecule has 2 saturated carbocycles. The predicted molar refractivity (Wildman–Crippen MR) is 283 cm³/mol. The molecule has 8 N–H and O–H groups in total. The molecule has 13 rings (SSSR count). The SMILES string of the molecule is CC1CCc2cc3ccc2C1CC(S(=O)(=O)O)C1C=C2CC(CC4CC(CO)CC#Cc5cc(O)ccc5C2O4)C1c1ccc(cc1)C(CC(Cc1ccccc1)C1(O)CCCC2(CCCC2)C1)(N=C(N)N)O3. The van der Waals surface area contributed by atoms with Gasteiger partial charge in [0.1, 0.15) is 17.6 Å². The van der Waals surface area contributed by atoms with Gasteiger partial charge in [0.2, 0.25) is 5.72 Å². The van der Waals surface area contributed by atoms with Crippen molar-refractivity contribution in [2.75, 3.05) is 6.61 Å². The van der Waals surface area contributed by atoms with Crippen LogP contribution in [-0.4, -0.2) is 57.8 Å². The van der Waals surface area contributed by atoms with Crippen LogP contribution >= 0.6 is 0 Å². The molecule has 5 aliphatic heterocycles. The number of hydrogen-bond acceptors (Lipinski definition) is 8. The molecule has 5 heterocycles. The number of nitrogens with two attached hydrogens (primary N) is 2. The van der Waals surface area contributed by atoms with Crippen LogP contribution < -0.4 is 16.2 Å². The van der Waals surface area contributed by atoms with Gasteiger partial charge in [-0.05, 0) is 170 Å². The Hall–Kier alpha value is -5.16. The second kappa shape index (κ2) is 19.8. The number of rotatable bonds is 8. The van der Waals surface area contributed by atoms with Crippen LogP contribution in [0.5, 0.6) is 11.5 Å². The summed E-state index contributed by atoms with van der Waals surface area (Å²) in [5, 5.41) is 33.5. The van der Waals surface area contributed by atoms with Crippen molar-refractivity contribution >= 4 is 16.1 Å². The van der Waals surface area contributed by atoms with Gasteiger partial charge in [0.25, 0.3) is 10.1 Å². The highest BCUT2D eigenvalue weighted by Crippen LogP contribution is 2.58. The summed E-state index contributed by atoms with van der Waals surface area (Å²) < 4.78 is 55.0. The van der Waals surface area contributed by atoms with Crippen molar-refractivity contribution in [3.05, 3.63) is 142 Å². The van der Waals surface area contributed by atoms with E-state index in [0.717, 1.165) is 71.9 Å². The van der Waals surface area contributed by atoms with Crippen molar-refractivity contribution in [3.63, 3.8) is 0 Å². The van der Waals surface area contributed by atoms with E-state index >= 15 is 0 Å². The molecule has 4 aromatic rings. The molecule has 4 aromatic carbocycles. The number of hydrogen-bond donors (Lipinski definition) is 6. The number of nitrogens with zero attached hydrogens (tertiary/aromatic N) is 1. The van der Waals surface area contributed by atoms with Crippen LogP contribution in [0.25, 0.3) is 0 Å². The summed E-state index contributed by atoms with van der Waals surface area (Å²) in [6.07, 6.45) is 14.1. The summed E-state index contributed by atoms with van der Waals surface area (Å²) in [6.45, 7) is 2.12. The zero-order valence-corrected chi connectivity index (χ0v) is 43.0. The fraction of sp³-hybridized carbons (Fsp3) is 0.525. The average molecular weight is 1010 g/mol. The van der Waals surface area contributed by atoms with Gasteiger partial charge in [0, 0.05) is 42.1 Å². The maximum absolute atomic E-state index is 14.4. The standard InChI is InChI=1S/C61H73N3O8S/c1-38-13-14-43-31-49-20-22-51(43)53(38)34-55(73(68,69)70)54-33-45-29-44(32-50-28-40(36-65)11-7-12-42-30-48(66)19-21-52(42)57(45)71-50)56(54)41-15-17-46(18-16-41)61(72-49,64-58(62)63)35-47(27-39-9-3-2-4-10-39)60(67)26-8-25-59(37-60)23-5-6-24-59/h2-4,9-10,15-22,30-31,33,38,40,44,47,50,53-57,65-67H,5-6,8,11,13-14,23-29,32,34-37H2,1H3,(H4,62,63,64)(H,68,69,70). The van der Waals surface area contributed by atoms with Crippen LogP contribution in [0.4, 0.5) is 0 Å². The highest BCUT2D eigenvalue weighted by atomic mass is 32.2. The molecule has 12 atom stereocenters. The minimum Gasteiger partial charge on any atom is -0.508 e. The minimum absolute atomic E-state index is 0.0651. The van der Waals surface area contributed by atoms with Crippen molar-refractivity contribution in [1.29, 1.82) is 0 Å². The van der Waals surface area contributed by atoms with E-state index in [1.54, 1.807) is 12.1 Å². The van der Waals surface area contributed by atoms with Gasteiger partial charge in [0.05, 0.1) is 17.0 Å².